The van der Waals surface area contributed by atoms with E-state index in [0.717, 1.165) is 0 Å². The third-order valence-electron chi connectivity index (χ3n) is 2.27. The molecule has 0 saturated heterocycles. The number of hydrogen-bond donors (Lipinski definition) is 1. The van der Waals surface area contributed by atoms with E-state index in [4.69, 9.17) is 16.6 Å². The van der Waals surface area contributed by atoms with Crippen LogP contribution in [0.25, 0.3) is 11.5 Å². The molecule has 84 valence electrons. The summed E-state index contributed by atoms with van der Waals surface area (Å²) in [5.74, 6) is 0.644. The first-order valence-corrected chi connectivity index (χ1v) is 5.40. The lowest BCUT2D eigenvalue weighted by atomic mass is 10.2. The number of nitrogens with zero attached hydrogens (tertiary/aromatic N) is 1. The van der Waals surface area contributed by atoms with Gasteiger partial charge in [-0.2, -0.15) is 0 Å². The quantitative estimate of drug-likeness (QED) is 0.816. The molecule has 0 amide bonds. The molecule has 1 N–H and O–H groups in total. The van der Waals surface area contributed by atoms with Gasteiger partial charge in [-0.25, -0.2) is 4.79 Å². The Hall–Kier alpha value is -1.62. The van der Waals surface area contributed by atoms with Crippen LogP contribution in [-0.2, 0) is 0 Å². The van der Waals surface area contributed by atoms with Gasteiger partial charge in [0.25, 0.3) is 0 Å². The van der Waals surface area contributed by atoms with Gasteiger partial charge in [-0.15, -0.1) is 0 Å². The van der Waals surface area contributed by atoms with E-state index >= 15 is 0 Å². The van der Waals surface area contributed by atoms with E-state index in [1.807, 2.05) is 19.9 Å². The zero-order chi connectivity index (χ0) is 11.7. The van der Waals surface area contributed by atoms with Crippen LogP contribution in [0, 0.1) is 4.64 Å². The van der Waals surface area contributed by atoms with Gasteiger partial charge < -0.3 is 4.42 Å². The highest BCUT2D eigenvalue weighted by Gasteiger charge is 2.11. The van der Waals surface area contributed by atoms with E-state index in [1.165, 1.54) is 0 Å². The Bertz CT molecular complexity index is 593. The van der Waals surface area contributed by atoms with Crippen molar-refractivity contribution in [2.45, 2.75) is 19.9 Å². The summed E-state index contributed by atoms with van der Waals surface area (Å²) in [6.45, 7) is 3.87. The number of rotatable bonds is 2. The summed E-state index contributed by atoms with van der Waals surface area (Å²) >= 11 is 5.00. The minimum absolute atomic E-state index is 0.0412. The van der Waals surface area contributed by atoms with Gasteiger partial charge in [0.05, 0.1) is 12.0 Å². The van der Waals surface area contributed by atoms with Gasteiger partial charge in [-0.05, 0) is 26.0 Å². The number of aromatic amines is 1. The Balaban J connectivity index is 2.78. The van der Waals surface area contributed by atoms with E-state index < -0.39 is 0 Å². The lowest BCUT2D eigenvalue weighted by Gasteiger charge is -2.13. The molecule has 0 aliphatic rings. The number of furan rings is 1. The summed E-state index contributed by atoms with van der Waals surface area (Å²) in [6, 6.07) is 5.36. The van der Waals surface area contributed by atoms with Crippen molar-refractivity contribution in [3.8, 4) is 11.5 Å². The standard InChI is InChI=1S/C11H12N2O2S/c1-7(2)13-8(9-4-3-5-15-9)6-10(16)12-11(13)14/h3-7H,1-2H3,(H,12,14,16). The molecule has 0 spiro atoms. The fourth-order valence-corrected chi connectivity index (χ4v) is 1.83. The van der Waals surface area contributed by atoms with Crippen molar-refractivity contribution < 1.29 is 4.42 Å². The smallest absolute Gasteiger partial charge is 0.327 e. The minimum atomic E-state index is -0.214. The largest absolute Gasteiger partial charge is 0.463 e. The molecule has 2 aromatic heterocycles. The van der Waals surface area contributed by atoms with E-state index in [2.05, 4.69) is 4.98 Å². The van der Waals surface area contributed by atoms with Crippen molar-refractivity contribution in [1.29, 1.82) is 0 Å². The molecule has 0 aliphatic heterocycles. The van der Waals surface area contributed by atoms with Gasteiger partial charge >= 0.3 is 5.69 Å². The monoisotopic (exact) mass is 236 g/mol. The maximum Gasteiger partial charge on any atom is 0.327 e. The highest BCUT2D eigenvalue weighted by Crippen LogP contribution is 2.20. The second-order valence-electron chi connectivity index (χ2n) is 3.77. The summed E-state index contributed by atoms with van der Waals surface area (Å²) in [7, 11) is 0. The molecule has 0 fully saturated rings. The van der Waals surface area contributed by atoms with E-state index in [1.54, 1.807) is 23.0 Å². The van der Waals surface area contributed by atoms with Gasteiger partial charge in [0.1, 0.15) is 4.64 Å². The third kappa shape index (κ3) is 1.86. The Morgan fingerprint density at radius 2 is 2.25 bits per heavy atom. The van der Waals surface area contributed by atoms with Crippen LogP contribution in [0.3, 0.4) is 0 Å². The van der Waals surface area contributed by atoms with Gasteiger partial charge in [-0.1, -0.05) is 12.2 Å². The number of hydrogen-bond acceptors (Lipinski definition) is 3. The molecular weight excluding hydrogens is 224 g/mol. The van der Waals surface area contributed by atoms with Crippen molar-refractivity contribution in [2.24, 2.45) is 0 Å². The molecular formula is C11H12N2O2S. The lowest BCUT2D eigenvalue weighted by Crippen LogP contribution is -2.25. The fraction of sp³-hybridized carbons (Fsp3) is 0.273. The van der Waals surface area contributed by atoms with Crippen LogP contribution in [0.5, 0.6) is 0 Å². The van der Waals surface area contributed by atoms with Gasteiger partial charge in [0.15, 0.2) is 5.76 Å². The average molecular weight is 236 g/mol. The summed E-state index contributed by atoms with van der Waals surface area (Å²) < 4.78 is 7.33. The summed E-state index contributed by atoms with van der Waals surface area (Å²) in [6.07, 6.45) is 1.57. The first-order valence-electron chi connectivity index (χ1n) is 4.99. The molecule has 4 nitrogen and oxygen atoms in total. The molecule has 0 radical (unpaired) electrons. The maximum atomic E-state index is 11.8. The normalized spacial score (nSPS) is 10.9. The zero-order valence-electron chi connectivity index (χ0n) is 9.06. The van der Waals surface area contributed by atoms with Crippen LogP contribution in [0.2, 0.25) is 0 Å². The predicted molar refractivity (Wildman–Crippen MR) is 64.0 cm³/mol. The van der Waals surface area contributed by atoms with Crippen LogP contribution >= 0.6 is 12.2 Å². The molecule has 0 atom stereocenters. The maximum absolute atomic E-state index is 11.8. The second-order valence-corrected chi connectivity index (χ2v) is 4.20. The molecule has 16 heavy (non-hydrogen) atoms. The first-order chi connectivity index (χ1) is 7.59. The highest BCUT2D eigenvalue weighted by atomic mass is 32.1. The molecule has 0 saturated carbocycles. The van der Waals surface area contributed by atoms with E-state index in [-0.39, 0.29) is 11.7 Å². The van der Waals surface area contributed by atoms with Crippen molar-refractivity contribution in [3.05, 3.63) is 39.6 Å². The summed E-state index contributed by atoms with van der Waals surface area (Å²) in [4.78, 5) is 14.4. The van der Waals surface area contributed by atoms with Crippen molar-refractivity contribution in [1.82, 2.24) is 9.55 Å². The molecule has 5 heteroatoms. The van der Waals surface area contributed by atoms with E-state index in [9.17, 15) is 4.79 Å². The average Bonchev–Trinajstić information content (AvgIpc) is 2.67. The highest BCUT2D eigenvalue weighted by molar-refractivity contribution is 7.71. The Labute approximate surface area is 97.5 Å². The molecule has 2 heterocycles. The SMILES string of the molecule is CC(C)n1c(-c2ccco2)cc(=S)[nH]c1=O. The van der Waals surface area contributed by atoms with Crippen LogP contribution in [0.15, 0.2) is 33.7 Å². The molecule has 0 aromatic carbocycles. The van der Waals surface area contributed by atoms with Crippen LogP contribution in [-0.4, -0.2) is 9.55 Å². The molecule has 0 unspecified atom stereocenters. The Morgan fingerprint density at radius 3 is 2.81 bits per heavy atom. The summed E-state index contributed by atoms with van der Waals surface area (Å²) in [5, 5.41) is 0. The molecule has 2 aromatic rings. The van der Waals surface area contributed by atoms with Gasteiger partial charge in [0, 0.05) is 12.1 Å². The fourth-order valence-electron chi connectivity index (χ4n) is 1.63. The number of aromatic nitrogens is 2. The van der Waals surface area contributed by atoms with Gasteiger partial charge in [-0.3, -0.25) is 9.55 Å². The third-order valence-corrected chi connectivity index (χ3v) is 2.49. The minimum Gasteiger partial charge on any atom is -0.463 e. The number of H-pyrrole nitrogens is 1. The predicted octanol–water partition coefficient (Wildman–Crippen LogP) is 2.75. The van der Waals surface area contributed by atoms with Crippen LogP contribution < -0.4 is 5.69 Å². The lowest BCUT2D eigenvalue weighted by molar-refractivity contribution is 0.536. The topological polar surface area (TPSA) is 50.9 Å². The molecule has 0 bridgehead atoms. The Morgan fingerprint density at radius 1 is 1.50 bits per heavy atom. The second kappa shape index (κ2) is 4.09. The van der Waals surface area contributed by atoms with Crippen LogP contribution in [0.4, 0.5) is 0 Å². The van der Waals surface area contributed by atoms with Crippen molar-refractivity contribution >= 4 is 12.2 Å². The van der Waals surface area contributed by atoms with E-state index in [0.29, 0.717) is 16.1 Å². The van der Waals surface area contributed by atoms with Gasteiger partial charge in [0.2, 0.25) is 0 Å². The summed E-state index contributed by atoms with van der Waals surface area (Å²) in [5.41, 5.74) is 0.489. The first kappa shape index (κ1) is 10.9. The molecule has 2 rings (SSSR count). The van der Waals surface area contributed by atoms with Crippen molar-refractivity contribution in [2.75, 3.05) is 0 Å². The van der Waals surface area contributed by atoms with Crippen LogP contribution in [0.1, 0.15) is 19.9 Å². The Kier molecular flexibility index (Phi) is 2.78. The molecule has 0 aliphatic carbocycles. The van der Waals surface area contributed by atoms with Crippen molar-refractivity contribution in [3.63, 3.8) is 0 Å². The number of nitrogens with one attached hydrogen (secondary N) is 1. The zero-order valence-corrected chi connectivity index (χ0v) is 9.88.